The minimum Gasteiger partial charge on any atom is -0.303 e. The van der Waals surface area contributed by atoms with Crippen molar-refractivity contribution in [3.05, 3.63) is 0 Å². The van der Waals surface area contributed by atoms with E-state index >= 15 is 0 Å². The molecule has 0 bridgehead atoms. The molecule has 0 rings (SSSR count). The first-order valence-electron chi connectivity index (χ1n) is 6.03. The highest BCUT2D eigenvalue weighted by molar-refractivity contribution is 7.46. The van der Waals surface area contributed by atoms with E-state index in [1.807, 2.05) is 0 Å². The maximum absolute atomic E-state index is 13.6. The lowest BCUT2D eigenvalue weighted by Gasteiger charge is -2.43. The van der Waals surface area contributed by atoms with Crippen LogP contribution in [0.2, 0.25) is 0 Å². The number of phosphoric acid groups is 1. The molecular formula is C9H8F13O4P. The van der Waals surface area contributed by atoms with Crippen molar-refractivity contribution >= 4 is 7.82 Å². The topological polar surface area (TPSA) is 66.8 Å². The van der Waals surface area contributed by atoms with Gasteiger partial charge in [0.1, 0.15) is 0 Å². The second-order valence-corrected chi connectivity index (χ2v) is 6.29. The van der Waals surface area contributed by atoms with E-state index in [1.54, 1.807) is 0 Å². The molecule has 164 valence electrons. The summed E-state index contributed by atoms with van der Waals surface area (Å²) in [4.78, 5) is 16.8. The first kappa shape index (κ1) is 26.2. The van der Waals surface area contributed by atoms with Crippen molar-refractivity contribution in [3.8, 4) is 0 Å². The van der Waals surface area contributed by atoms with Crippen molar-refractivity contribution in [2.75, 3.05) is 0 Å². The van der Waals surface area contributed by atoms with Crippen LogP contribution in [0.5, 0.6) is 0 Å². The summed E-state index contributed by atoms with van der Waals surface area (Å²) in [5.41, 5.74) is -5.88. The molecule has 0 saturated carbocycles. The van der Waals surface area contributed by atoms with Crippen molar-refractivity contribution in [3.63, 3.8) is 0 Å². The average Bonchev–Trinajstić information content (AvgIpc) is 2.33. The quantitative estimate of drug-likeness (QED) is 0.391. The lowest BCUT2D eigenvalue weighted by atomic mass is 9.82. The van der Waals surface area contributed by atoms with Gasteiger partial charge in [0.15, 0.2) is 5.60 Å². The summed E-state index contributed by atoms with van der Waals surface area (Å²) in [5, 5.41) is 0. The zero-order valence-electron chi connectivity index (χ0n) is 12.1. The SMILES string of the molecule is O=P(O)(O)OC(CC(F)(F)C(F)F)(CC(F)(F)C(F)F)C(F)(F)C(F)(F)F. The molecule has 0 heterocycles. The van der Waals surface area contributed by atoms with Crippen molar-refractivity contribution in [1.82, 2.24) is 0 Å². The third-order valence-electron chi connectivity index (χ3n) is 2.90. The van der Waals surface area contributed by atoms with E-state index in [2.05, 4.69) is 4.52 Å². The lowest BCUT2D eigenvalue weighted by molar-refractivity contribution is -0.359. The van der Waals surface area contributed by atoms with Gasteiger partial charge in [-0.15, -0.1) is 0 Å². The van der Waals surface area contributed by atoms with Gasteiger partial charge in [-0.2, -0.15) is 22.0 Å². The number of hydrogen-bond acceptors (Lipinski definition) is 2. The van der Waals surface area contributed by atoms with E-state index in [1.165, 1.54) is 0 Å². The van der Waals surface area contributed by atoms with Crippen LogP contribution in [0.1, 0.15) is 12.8 Å². The molecule has 0 aliphatic rings. The summed E-state index contributed by atoms with van der Waals surface area (Å²) in [6, 6.07) is 0. The highest BCUT2D eigenvalue weighted by Crippen LogP contribution is 2.59. The zero-order valence-corrected chi connectivity index (χ0v) is 13.0. The van der Waals surface area contributed by atoms with Crippen molar-refractivity contribution in [1.29, 1.82) is 0 Å². The first-order chi connectivity index (χ1) is 11.5. The molecule has 0 amide bonds. The minimum atomic E-state index is -7.20. The molecule has 2 N–H and O–H groups in total. The molecule has 0 saturated heterocycles. The maximum atomic E-state index is 13.6. The van der Waals surface area contributed by atoms with Crippen LogP contribution in [0, 0.1) is 0 Å². The lowest BCUT2D eigenvalue weighted by Crippen LogP contribution is -2.63. The van der Waals surface area contributed by atoms with E-state index in [0.717, 1.165) is 0 Å². The van der Waals surface area contributed by atoms with Gasteiger partial charge in [-0.25, -0.2) is 39.7 Å². The highest BCUT2D eigenvalue weighted by atomic mass is 31.2. The Labute approximate surface area is 140 Å². The maximum Gasteiger partial charge on any atom is 0.470 e. The Morgan fingerprint density at radius 1 is 0.741 bits per heavy atom. The third-order valence-corrected chi connectivity index (χ3v) is 3.49. The molecule has 0 aliphatic carbocycles. The van der Waals surface area contributed by atoms with Crippen LogP contribution in [-0.2, 0) is 9.09 Å². The molecule has 0 atom stereocenters. The Morgan fingerprint density at radius 2 is 1.04 bits per heavy atom. The fourth-order valence-corrected chi connectivity index (χ4v) is 2.51. The average molecular weight is 458 g/mol. The van der Waals surface area contributed by atoms with Crippen LogP contribution in [0.15, 0.2) is 0 Å². The van der Waals surface area contributed by atoms with Gasteiger partial charge in [0, 0.05) is 0 Å². The standard InChI is InChI=1S/C9H8F13O4P/c10-3(11)6(14,15)1-5(26-27(23,24)25,2-7(16,17)4(12)13)8(18,19)9(20,21)22/h3-4H,1-2H2,(H2,23,24,25). The van der Waals surface area contributed by atoms with Gasteiger partial charge in [0.25, 0.3) is 0 Å². The fraction of sp³-hybridized carbons (Fsp3) is 1.00. The van der Waals surface area contributed by atoms with Gasteiger partial charge in [-0.1, -0.05) is 0 Å². The van der Waals surface area contributed by atoms with Crippen LogP contribution in [-0.4, -0.2) is 52.2 Å². The summed E-state index contributed by atoms with van der Waals surface area (Å²) in [6.45, 7) is 0. The monoisotopic (exact) mass is 458 g/mol. The van der Waals surface area contributed by atoms with E-state index in [0.29, 0.717) is 0 Å². The van der Waals surface area contributed by atoms with Crippen LogP contribution >= 0.6 is 7.82 Å². The van der Waals surface area contributed by atoms with Crippen LogP contribution in [0.4, 0.5) is 57.1 Å². The first-order valence-corrected chi connectivity index (χ1v) is 7.56. The molecule has 0 aromatic heterocycles. The van der Waals surface area contributed by atoms with Crippen LogP contribution in [0.25, 0.3) is 0 Å². The molecular weight excluding hydrogens is 450 g/mol. The number of halogens is 13. The Kier molecular flexibility index (Phi) is 7.33. The predicted molar refractivity (Wildman–Crippen MR) is 58.0 cm³/mol. The largest absolute Gasteiger partial charge is 0.470 e. The van der Waals surface area contributed by atoms with Crippen molar-refractivity contribution < 1.29 is 76.0 Å². The number of alkyl halides is 13. The summed E-state index contributed by atoms with van der Waals surface area (Å²) in [5.74, 6) is -19.2. The fourth-order valence-electron chi connectivity index (χ4n) is 1.81. The Morgan fingerprint density at radius 3 is 1.22 bits per heavy atom. The molecule has 0 unspecified atom stereocenters. The molecule has 0 radical (unpaired) electrons. The number of rotatable bonds is 9. The Hall–Kier alpha value is -0.800. The van der Waals surface area contributed by atoms with E-state index in [4.69, 9.17) is 9.79 Å². The van der Waals surface area contributed by atoms with E-state index in [-0.39, 0.29) is 0 Å². The molecule has 18 heteroatoms. The smallest absolute Gasteiger partial charge is 0.303 e. The molecule has 4 nitrogen and oxygen atoms in total. The highest BCUT2D eigenvalue weighted by Gasteiger charge is 2.77. The number of phosphoric ester groups is 1. The van der Waals surface area contributed by atoms with Crippen LogP contribution in [0.3, 0.4) is 0 Å². The minimum absolute atomic E-state index is 2.76. The number of hydrogen-bond donors (Lipinski definition) is 2. The summed E-state index contributed by atoms with van der Waals surface area (Å²) < 4.78 is 179. The molecule has 27 heavy (non-hydrogen) atoms. The van der Waals surface area contributed by atoms with Crippen LogP contribution < -0.4 is 0 Å². The predicted octanol–water partition coefficient (Wildman–Crippen LogP) is 4.61. The zero-order chi connectivity index (χ0) is 22.3. The Bertz CT molecular complexity index is 532. The van der Waals surface area contributed by atoms with E-state index < -0.39 is 63.1 Å². The molecule has 0 aliphatic heterocycles. The van der Waals surface area contributed by atoms with Gasteiger partial charge in [0.2, 0.25) is 0 Å². The van der Waals surface area contributed by atoms with Crippen molar-refractivity contribution in [2.45, 2.75) is 55.2 Å². The van der Waals surface area contributed by atoms with Crippen molar-refractivity contribution in [2.24, 2.45) is 0 Å². The molecule has 0 aromatic rings. The summed E-state index contributed by atoms with van der Waals surface area (Å²) in [7, 11) is -6.82. The van der Waals surface area contributed by atoms with Gasteiger partial charge in [-0.3, -0.25) is 4.52 Å². The summed E-state index contributed by atoms with van der Waals surface area (Å²) in [6.07, 6.45) is -25.0. The second kappa shape index (κ2) is 7.55. The summed E-state index contributed by atoms with van der Waals surface area (Å²) >= 11 is 0. The third kappa shape index (κ3) is 6.09. The van der Waals surface area contributed by atoms with E-state index in [9.17, 15) is 61.6 Å². The second-order valence-electron chi connectivity index (χ2n) is 5.13. The van der Waals surface area contributed by atoms with Gasteiger partial charge in [0.05, 0.1) is 12.8 Å². The normalized spacial score (nSPS) is 15.7. The Balaban J connectivity index is 6.79. The van der Waals surface area contributed by atoms with Gasteiger partial charge in [-0.05, 0) is 0 Å². The van der Waals surface area contributed by atoms with Gasteiger partial charge < -0.3 is 9.79 Å². The molecule has 0 fully saturated rings. The molecule has 0 spiro atoms. The molecule has 0 aromatic carbocycles. The van der Waals surface area contributed by atoms with Gasteiger partial charge >= 0.3 is 44.6 Å².